The largest absolute Gasteiger partial charge is 0.369 e. The van der Waals surface area contributed by atoms with Crippen molar-refractivity contribution in [3.63, 3.8) is 0 Å². The Labute approximate surface area is 155 Å². The molecule has 1 unspecified atom stereocenters. The third-order valence-electron chi connectivity index (χ3n) is 4.73. The molecule has 3 rings (SSSR count). The highest BCUT2D eigenvalue weighted by molar-refractivity contribution is 5.94. The van der Waals surface area contributed by atoms with Gasteiger partial charge in [-0.3, -0.25) is 4.79 Å². The molecule has 1 aliphatic rings. The van der Waals surface area contributed by atoms with Gasteiger partial charge in [0.15, 0.2) is 5.82 Å². The highest BCUT2D eigenvalue weighted by Crippen LogP contribution is 2.25. The van der Waals surface area contributed by atoms with E-state index in [2.05, 4.69) is 27.0 Å². The molecule has 0 saturated heterocycles. The number of aromatic nitrogens is 3. The maximum atomic E-state index is 12.3. The molecular weight excluding hydrogens is 328 g/mol. The lowest BCUT2D eigenvalue weighted by Gasteiger charge is -2.14. The summed E-state index contributed by atoms with van der Waals surface area (Å²) in [6.45, 7) is 5.45. The number of carbonyl (C=O) groups is 1. The third kappa shape index (κ3) is 4.49. The van der Waals surface area contributed by atoms with Crippen molar-refractivity contribution >= 4 is 11.6 Å². The van der Waals surface area contributed by atoms with Gasteiger partial charge in [0, 0.05) is 30.8 Å². The van der Waals surface area contributed by atoms with E-state index in [4.69, 9.17) is 4.74 Å². The minimum Gasteiger partial charge on any atom is -0.369 e. The lowest BCUT2D eigenvalue weighted by Crippen LogP contribution is -2.28. The summed E-state index contributed by atoms with van der Waals surface area (Å²) in [7, 11) is 0. The van der Waals surface area contributed by atoms with Crippen molar-refractivity contribution in [2.45, 2.75) is 65.0 Å². The molecule has 0 spiro atoms. The lowest BCUT2D eigenvalue weighted by atomic mass is 10.1. The fourth-order valence-corrected chi connectivity index (χ4v) is 3.16. The summed E-state index contributed by atoms with van der Waals surface area (Å²) in [6.07, 6.45) is 6.09. The molecule has 1 aromatic heterocycles. The second-order valence-electron chi connectivity index (χ2n) is 6.84. The van der Waals surface area contributed by atoms with E-state index < -0.39 is 6.10 Å². The molecule has 6 nitrogen and oxygen atoms in total. The van der Waals surface area contributed by atoms with Gasteiger partial charge in [-0.15, -0.1) is 10.2 Å². The second-order valence-corrected chi connectivity index (χ2v) is 6.84. The normalized spacial score (nSPS) is 15.2. The van der Waals surface area contributed by atoms with Gasteiger partial charge in [0.1, 0.15) is 11.9 Å². The van der Waals surface area contributed by atoms with E-state index in [-0.39, 0.29) is 5.91 Å². The zero-order valence-corrected chi connectivity index (χ0v) is 15.7. The van der Waals surface area contributed by atoms with E-state index in [1.807, 2.05) is 24.3 Å². The first-order chi connectivity index (χ1) is 12.7. The number of anilines is 1. The number of carbonyl (C=O) groups excluding carboxylic acids is 1. The van der Waals surface area contributed by atoms with Crippen LogP contribution >= 0.6 is 0 Å². The monoisotopic (exact) mass is 356 g/mol. The minimum atomic E-state index is -0.463. The first-order valence-corrected chi connectivity index (χ1v) is 9.64. The van der Waals surface area contributed by atoms with Crippen LogP contribution in [-0.4, -0.2) is 33.4 Å². The van der Waals surface area contributed by atoms with Crippen LogP contribution in [0.15, 0.2) is 24.3 Å². The summed E-state index contributed by atoms with van der Waals surface area (Å²) >= 11 is 0. The Morgan fingerprint density at radius 1 is 1.31 bits per heavy atom. The van der Waals surface area contributed by atoms with Crippen molar-refractivity contribution in [2.24, 2.45) is 0 Å². The zero-order chi connectivity index (χ0) is 18.4. The Morgan fingerprint density at radius 3 is 3.04 bits per heavy atom. The summed E-state index contributed by atoms with van der Waals surface area (Å²) in [5.41, 5.74) is 1.73. The maximum absolute atomic E-state index is 12.3. The van der Waals surface area contributed by atoms with E-state index in [0.29, 0.717) is 6.61 Å². The average Bonchev–Trinajstić information content (AvgIpc) is 2.90. The molecule has 26 heavy (non-hydrogen) atoms. The van der Waals surface area contributed by atoms with Gasteiger partial charge in [-0.25, -0.2) is 0 Å². The van der Waals surface area contributed by atoms with E-state index in [1.165, 1.54) is 12.8 Å². The zero-order valence-electron chi connectivity index (χ0n) is 15.7. The van der Waals surface area contributed by atoms with Gasteiger partial charge < -0.3 is 14.6 Å². The second kappa shape index (κ2) is 8.94. The van der Waals surface area contributed by atoms with Gasteiger partial charge in [-0.2, -0.15) is 0 Å². The van der Waals surface area contributed by atoms with E-state index in [1.54, 1.807) is 6.92 Å². The average molecular weight is 356 g/mol. The molecule has 1 amide bonds. The Hall–Kier alpha value is -2.21. The fraction of sp³-hybridized carbons (Fsp3) is 0.550. The van der Waals surface area contributed by atoms with Crippen molar-refractivity contribution in [1.29, 1.82) is 0 Å². The van der Waals surface area contributed by atoms with Crippen LogP contribution in [0.2, 0.25) is 0 Å². The summed E-state index contributed by atoms with van der Waals surface area (Å²) in [6, 6.07) is 7.80. The van der Waals surface area contributed by atoms with Crippen molar-refractivity contribution < 1.29 is 9.53 Å². The van der Waals surface area contributed by atoms with Gasteiger partial charge in [-0.1, -0.05) is 31.9 Å². The molecule has 0 bridgehead atoms. The maximum Gasteiger partial charge on any atom is 0.253 e. The topological polar surface area (TPSA) is 69.0 Å². The number of amides is 1. The summed E-state index contributed by atoms with van der Waals surface area (Å²) in [5.74, 6) is 1.81. The predicted molar refractivity (Wildman–Crippen MR) is 102 cm³/mol. The van der Waals surface area contributed by atoms with Crippen molar-refractivity contribution in [1.82, 2.24) is 14.8 Å². The van der Waals surface area contributed by atoms with Gasteiger partial charge >= 0.3 is 0 Å². The van der Waals surface area contributed by atoms with Crippen molar-refractivity contribution in [3.8, 4) is 11.4 Å². The SMILES string of the molecule is CCCCOC(C)C(=O)Nc1cccc(-c2nnc3n2CCCCC3)c1. The first kappa shape index (κ1) is 18.6. The molecule has 2 heterocycles. The molecule has 1 N–H and O–H groups in total. The molecule has 2 aromatic rings. The van der Waals surface area contributed by atoms with Crippen LogP contribution in [0, 0.1) is 0 Å². The molecule has 6 heteroatoms. The number of nitrogens with zero attached hydrogens (tertiary/aromatic N) is 3. The Morgan fingerprint density at radius 2 is 2.19 bits per heavy atom. The van der Waals surface area contributed by atoms with Gasteiger partial charge in [0.2, 0.25) is 0 Å². The van der Waals surface area contributed by atoms with Crippen LogP contribution in [-0.2, 0) is 22.5 Å². The standard InChI is InChI=1S/C20H28N4O2/c1-3-4-13-26-15(2)20(25)21-17-10-8-9-16(14-17)19-23-22-18-11-6-5-7-12-24(18)19/h8-10,14-15H,3-7,11-13H2,1-2H3,(H,21,25). The quantitative estimate of drug-likeness (QED) is 0.766. The molecular formula is C20H28N4O2. The van der Waals surface area contributed by atoms with E-state index in [9.17, 15) is 4.79 Å². The number of fused-ring (bicyclic) bond motifs is 1. The number of aryl methyl sites for hydroxylation is 1. The summed E-state index contributed by atoms with van der Waals surface area (Å²) < 4.78 is 7.78. The lowest BCUT2D eigenvalue weighted by molar-refractivity contribution is -0.126. The number of unbranched alkanes of at least 4 members (excludes halogenated alkanes) is 1. The highest BCUT2D eigenvalue weighted by Gasteiger charge is 2.17. The van der Waals surface area contributed by atoms with Gasteiger partial charge in [0.05, 0.1) is 0 Å². The van der Waals surface area contributed by atoms with Crippen molar-refractivity contribution in [3.05, 3.63) is 30.1 Å². The molecule has 0 fully saturated rings. The molecule has 0 saturated carbocycles. The number of rotatable bonds is 7. The number of benzene rings is 1. The van der Waals surface area contributed by atoms with Crippen LogP contribution in [0.4, 0.5) is 5.69 Å². The highest BCUT2D eigenvalue weighted by atomic mass is 16.5. The number of hydrogen-bond acceptors (Lipinski definition) is 4. The first-order valence-electron chi connectivity index (χ1n) is 9.64. The molecule has 1 atom stereocenters. The molecule has 140 valence electrons. The van der Waals surface area contributed by atoms with Crippen molar-refractivity contribution in [2.75, 3.05) is 11.9 Å². The Kier molecular flexibility index (Phi) is 6.39. The molecule has 0 aliphatic carbocycles. The van der Waals surface area contributed by atoms with Crippen LogP contribution in [0.3, 0.4) is 0 Å². The van der Waals surface area contributed by atoms with E-state index in [0.717, 1.165) is 55.1 Å². The predicted octanol–water partition coefficient (Wildman–Crippen LogP) is 3.82. The Bertz CT molecular complexity index is 741. The van der Waals surface area contributed by atoms with Gasteiger partial charge in [-0.05, 0) is 38.3 Å². The Balaban J connectivity index is 1.71. The minimum absolute atomic E-state index is 0.127. The van der Waals surface area contributed by atoms with Crippen LogP contribution < -0.4 is 5.32 Å². The van der Waals surface area contributed by atoms with Crippen LogP contribution in [0.1, 0.15) is 51.8 Å². The number of nitrogens with one attached hydrogen (secondary N) is 1. The molecule has 1 aliphatic heterocycles. The molecule has 0 radical (unpaired) electrons. The van der Waals surface area contributed by atoms with Crippen LogP contribution in [0.5, 0.6) is 0 Å². The number of ether oxygens (including phenoxy) is 1. The fourth-order valence-electron chi connectivity index (χ4n) is 3.16. The molecule has 1 aromatic carbocycles. The summed E-state index contributed by atoms with van der Waals surface area (Å²) in [4.78, 5) is 12.3. The smallest absolute Gasteiger partial charge is 0.253 e. The number of hydrogen-bond donors (Lipinski definition) is 1. The van der Waals surface area contributed by atoms with Gasteiger partial charge in [0.25, 0.3) is 5.91 Å². The van der Waals surface area contributed by atoms with E-state index >= 15 is 0 Å². The third-order valence-corrected chi connectivity index (χ3v) is 4.73. The summed E-state index contributed by atoms with van der Waals surface area (Å²) in [5, 5.41) is 11.7. The van der Waals surface area contributed by atoms with Crippen LogP contribution in [0.25, 0.3) is 11.4 Å².